The van der Waals surface area contributed by atoms with E-state index in [1.165, 1.54) is 12.1 Å². The molecule has 0 spiro atoms. The van der Waals surface area contributed by atoms with Crippen molar-refractivity contribution in [2.45, 2.75) is 29.2 Å². The molecule has 0 saturated carbocycles. The van der Waals surface area contributed by atoms with E-state index in [4.69, 9.17) is 0 Å². The molecule has 7 nitrogen and oxygen atoms in total. The first-order valence-corrected chi connectivity index (χ1v) is 14.1. The van der Waals surface area contributed by atoms with Crippen molar-refractivity contribution in [3.63, 3.8) is 0 Å². The summed E-state index contributed by atoms with van der Waals surface area (Å²) in [7, 11) is -0.0514. The third-order valence-electron chi connectivity index (χ3n) is 6.08. The normalized spacial score (nSPS) is 21.3. The molecule has 0 aliphatic carbocycles. The van der Waals surface area contributed by atoms with Crippen LogP contribution in [0.5, 0.6) is 0 Å². The van der Waals surface area contributed by atoms with E-state index >= 15 is 0 Å². The van der Waals surface area contributed by atoms with E-state index in [2.05, 4.69) is 5.32 Å². The van der Waals surface area contributed by atoms with Gasteiger partial charge in [-0.1, -0.05) is 18.2 Å². The number of anilines is 1. The molecule has 10 heteroatoms. The van der Waals surface area contributed by atoms with E-state index in [0.717, 1.165) is 17.3 Å². The van der Waals surface area contributed by atoms with Crippen LogP contribution in [-0.2, 0) is 19.7 Å². The lowest BCUT2D eigenvalue weighted by atomic mass is 10.0. The predicted molar refractivity (Wildman–Crippen MR) is 130 cm³/mol. The Balaban J connectivity index is 1.86. The van der Waals surface area contributed by atoms with Crippen molar-refractivity contribution >= 4 is 25.4 Å². The van der Waals surface area contributed by atoms with Crippen LogP contribution in [0.15, 0.2) is 47.4 Å². The summed E-state index contributed by atoms with van der Waals surface area (Å²) in [6.45, 7) is 2.01. The fraction of sp³-hybridized carbons (Fsp3) is 0.478. The third-order valence-corrected chi connectivity index (χ3v) is 10.2. The molecule has 0 radical (unpaired) electrons. The molecule has 1 unspecified atom stereocenters. The second-order valence-corrected chi connectivity index (χ2v) is 13.4. The maximum Gasteiger partial charge on any atom is 0.186 e. The van der Waals surface area contributed by atoms with Gasteiger partial charge in [-0.05, 0) is 56.4 Å². The van der Waals surface area contributed by atoms with Gasteiger partial charge in [0.2, 0.25) is 0 Å². The highest BCUT2D eigenvalue weighted by molar-refractivity contribution is 7.96. The maximum absolute atomic E-state index is 14.4. The van der Waals surface area contributed by atoms with Gasteiger partial charge >= 0.3 is 0 Å². The van der Waals surface area contributed by atoms with Crippen LogP contribution in [0, 0.1) is 12.7 Å². The van der Waals surface area contributed by atoms with E-state index in [1.54, 1.807) is 6.92 Å². The molecule has 33 heavy (non-hydrogen) atoms. The quantitative estimate of drug-likeness (QED) is 0.597. The van der Waals surface area contributed by atoms with Gasteiger partial charge in [0.25, 0.3) is 0 Å². The van der Waals surface area contributed by atoms with Crippen LogP contribution >= 0.6 is 0 Å². The monoisotopic (exact) mass is 497 g/mol. The first-order valence-electron chi connectivity index (χ1n) is 10.7. The van der Waals surface area contributed by atoms with Gasteiger partial charge in [-0.25, -0.2) is 21.2 Å². The number of hydrogen-bond donors (Lipinski definition) is 1. The Morgan fingerprint density at radius 3 is 2.27 bits per heavy atom. The van der Waals surface area contributed by atoms with Crippen LogP contribution in [-0.4, -0.2) is 79.3 Å². The number of benzene rings is 2. The molecule has 2 aromatic carbocycles. The molecule has 0 bridgehead atoms. The SMILES string of the molecule is Cc1ccc(F)c(S(=O)(=O)[C@H]2CS(=O)(=O)C[C@@H]2NCC(c2ccc(N(C)C)cc2)N(C)C)c1. The van der Waals surface area contributed by atoms with Gasteiger partial charge < -0.3 is 15.1 Å². The minimum absolute atomic E-state index is 0.108. The van der Waals surface area contributed by atoms with Crippen molar-refractivity contribution in [2.75, 3.05) is 51.1 Å². The van der Waals surface area contributed by atoms with Crippen LogP contribution in [0.3, 0.4) is 0 Å². The lowest BCUT2D eigenvalue weighted by Gasteiger charge is -2.28. The fourth-order valence-electron chi connectivity index (χ4n) is 4.16. The molecule has 3 rings (SSSR count). The zero-order valence-corrected chi connectivity index (χ0v) is 21.2. The standard InChI is InChI=1S/C23H32FN3O4S2/c1-16-6-11-19(24)22(12-16)33(30,31)23-15-32(28,29)14-20(23)25-13-21(27(4)5)17-7-9-18(10-8-17)26(2)3/h6-12,20-21,23,25H,13-15H2,1-5H3/t20-,21?,23-/m0/s1. The maximum atomic E-state index is 14.4. The number of likely N-dealkylation sites (N-methyl/N-ethyl adjacent to an activating group) is 1. The van der Waals surface area contributed by atoms with Gasteiger partial charge in [-0.2, -0.15) is 0 Å². The molecular weight excluding hydrogens is 465 g/mol. The number of nitrogens with one attached hydrogen (secondary N) is 1. The van der Waals surface area contributed by atoms with Crippen LogP contribution in [0.25, 0.3) is 0 Å². The molecule has 1 aliphatic heterocycles. The van der Waals surface area contributed by atoms with Crippen molar-refractivity contribution in [3.8, 4) is 0 Å². The fourth-order valence-corrected chi connectivity index (χ4v) is 9.03. The van der Waals surface area contributed by atoms with Gasteiger partial charge in [0, 0.05) is 38.4 Å². The highest BCUT2D eigenvalue weighted by Crippen LogP contribution is 2.29. The minimum atomic E-state index is -4.20. The predicted octanol–water partition coefficient (Wildman–Crippen LogP) is 2.03. The Labute approximate surface area is 196 Å². The lowest BCUT2D eigenvalue weighted by Crippen LogP contribution is -2.46. The van der Waals surface area contributed by atoms with Crippen LogP contribution < -0.4 is 10.2 Å². The molecule has 3 atom stereocenters. The zero-order chi connectivity index (χ0) is 24.6. The zero-order valence-electron chi connectivity index (χ0n) is 19.6. The van der Waals surface area contributed by atoms with E-state index in [0.29, 0.717) is 12.1 Å². The second-order valence-electron chi connectivity index (χ2n) is 9.07. The number of rotatable bonds is 8. The Hall–Kier alpha value is -2.01. The molecule has 0 aromatic heterocycles. The number of aryl methyl sites for hydroxylation is 1. The van der Waals surface area contributed by atoms with E-state index in [9.17, 15) is 21.2 Å². The molecule has 1 aliphatic rings. The summed E-state index contributed by atoms with van der Waals surface area (Å²) < 4.78 is 65.8. The highest BCUT2D eigenvalue weighted by atomic mass is 32.2. The van der Waals surface area contributed by atoms with Crippen molar-refractivity contribution in [3.05, 3.63) is 59.4 Å². The van der Waals surface area contributed by atoms with Gasteiger partial charge in [0.15, 0.2) is 19.7 Å². The summed E-state index contributed by atoms with van der Waals surface area (Å²) in [5.41, 5.74) is 2.66. The van der Waals surface area contributed by atoms with Crippen molar-refractivity contribution in [1.82, 2.24) is 10.2 Å². The Bertz CT molecular complexity index is 1200. The second kappa shape index (κ2) is 9.69. The summed E-state index contributed by atoms with van der Waals surface area (Å²) in [5, 5.41) is 1.93. The number of nitrogens with zero attached hydrogens (tertiary/aromatic N) is 2. The third kappa shape index (κ3) is 5.74. The first-order chi connectivity index (χ1) is 15.3. The summed E-state index contributed by atoms with van der Waals surface area (Å²) in [6.07, 6.45) is 0. The summed E-state index contributed by atoms with van der Waals surface area (Å²) >= 11 is 0. The molecule has 1 heterocycles. The Morgan fingerprint density at radius 2 is 1.70 bits per heavy atom. The highest BCUT2D eigenvalue weighted by Gasteiger charge is 2.46. The van der Waals surface area contributed by atoms with Gasteiger partial charge in [0.05, 0.1) is 16.8 Å². The van der Waals surface area contributed by atoms with E-state index in [-0.39, 0.29) is 11.8 Å². The van der Waals surface area contributed by atoms with Crippen LogP contribution in [0.2, 0.25) is 0 Å². The summed E-state index contributed by atoms with van der Waals surface area (Å²) in [5.74, 6) is -1.69. The van der Waals surface area contributed by atoms with Crippen molar-refractivity contribution in [1.29, 1.82) is 0 Å². The molecule has 1 saturated heterocycles. The van der Waals surface area contributed by atoms with Gasteiger partial charge in [0.1, 0.15) is 10.7 Å². The summed E-state index contributed by atoms with van der Waals surface area (Å²) in [6, 6.07) is 10.9. The Kier molecular flexibility index (Phi) is 7.52. The molecule has 0 amide bonds. The number of hydrogen-bond acceptors (Lipinski definition) is 7. The van der Waals surface area contributed by atoms with Crippen LogP contribution in [0.4, 0.5) is 10.1 Å². The molecule has 1 fully saturated rings. The number of sulfone groups is 2. The van der Waals surface area contributed by atoms with E-state index < -0.39 is 47.4 Å². The molecule has 2 aromatic rings. The minimum Gasteiger partial charge on any atom is -0.378 e. The average Bonchev–Trinajstić information content (AvgIpc) is 3.05. The molecule has 1 N–H and O–H groups in total. The van der Waals surface area contributed by atoms with Crippen LogP contribution in [0.1, 0.15) is 17.2 Å². The average molecular weight is 498 g/mol. The van der Waals surface area contributed by atoms with E-state index in [1.807, 2.05) is 62.3 Å². The van der Waals surface area contributed by atoms with Gasteiger partial charge in [-0.15, -0.1) is 0 Å². The summed E-state index contributed by atoms with van der Waals surface area (Å²) in [4.78, 5) is 3.54. The molecular formula is C23H32FN3O4S2. The van der Waals surface area contributed by atoms with Gasteiger partial charge in [-0.3, -0.25) is 0 Å². The van der Waals surface area contributed by atoms with Crippen molar-refractivity contribution < 1.29 is 21.2 Å². The molecule has 182 valence electrons. The number of halogens is 1. The smallest absolute Gasteiger partial charge is 0.186 e. The van der Waals surface area contributed by atoms with Crippen molar-refractivity contribution in [2.24, 2.45) is 0 Å². The topological polar surface area (TPSA) is 86.8 Å². The lowest BCUT2D eigenvalue weighted by molar-refractivity contribution is 0.282. The largest absolute Gasteiger partial charge is 0.378 e. The first kappa shape index (κ1) is 25.6. The Morgan fingerprint density at radius 1 is 1.06 bits per heavy atom.